The molecule has 38 heavy (non-hydrogen) atoms. The first-order valence-electron chi connectivity index (χ1n) is 12.7. The topological polar surface area (TPSA) is 152 Å². The Labute approximate surface area is 222 Å². The van der Waals surface area contributed by atoms with Gasteiger partial charge in [-0.05, 0) is 37.6 Å². The number of rotatable bonds is 8. The molecule has 2 fully saturated rings. The number of amidine groups is 1. The number of aliphatic hydroxyl groups is 3. The summed E-state index contributed by atoms with van der Waals surface area (Å²) < 4.78 is 11.8. The summed E-state index contributed by atoms with van der Waals surface area (Å²) in [5.41, 5.74) is -0.809. The fourth-order valence-corrected chi connectivity index (χ4v) is 5.22. The molecule has 3 aliphatic heterocycles. The third kappa shape index (κ3) is 5.10. The second-order valence-electron chi connectivity index (χ2n) is 10.9. The van der Waals surface area contributed by atoms with Crippen LogP contribution in [0.1, 0.15) is 32.3 Å². The molecule has 1 amide bonds. The van der Waals surface area contributed by atoms with Gasteiger partial charge in [-0.1, -0.05) is 19.1 Å². The van der Waals surface area contributed by atoms with E-state index in [1.54, 1.807) is 39.2 Å². The normalized spacial score (nSPS) is 28.9. The summed E-state index contributed by atoms with van der Waals surface area (Å²) in [5, 5.41) is 39.1. The van der Waals surface area contributed by atoms with Crippen LogP contribution < -0.4 is 9.47 Å². The highest BCUT2D eigenvalue weighted by Crippen LogP contribution is 2.47. The van der Waals surface area contributed by atoms with Gasteiger partial charge in [0.15, 0.2) is 17.6 Å². The molecule has 208 valence electrons. The van der Waals surface area contributed by atoms with Crippen molar-refractivity contribution in [2.45, 2.75) is 45.0 Å². The average Bonchev–Trinajstić information content (AvgIpc) is 3.24. The minimum Gasteiger partial charge on any atom is -0.493 e. The smallest absolute Gasteiger partial charge is 0.315 e. The minimum atomic E-state index is -1.50. The van der Waals surface area contributed by atoms with E-state index in [9.17, 15) is 30.0 Å². The molecule has 4 rings (SSSR count). The Morgan fingerprint density at radius 1 is 1.18 bits per heavy atom. The van der Waals surface area contributed by atoms with Gasteiger partial charge in [-0.3, -0.25) is 14.6 Å². The van der Waals surface area contributed by atoms with Crippen LogP contribution in [-0.4, -0.2) is 113 Å². The Bertz CT molecular complexity index is 1130. The Morgan fingerprint density at radius 2 is 1.89 bits per heavy atom. The molecule has 0 aliphatic carbocycles. The number of nitrogens with zero attached hydrogens (tertiary/aromatic N) is 3. The molecule has 0 radical (unpaired) electrons. The van der Waals surface area contributed by atoms with Crippen LogP contribution in [0, 0.1) is 10.8 Å². The second kappa shape index (κ2) is 10.5. The SMILES string of the molecule is COc1ccc([C@@H]2CN(C(=O)C(O)CO)C[C@@]2(C)C(C)O)cc1OC1CN(C2=NCC(C)(C(=O)O)C=C2)C1. The number of carbonyl (C=O) groups excluding carboxylic acids is 1. The maximum Gasteiger partial charge on any atom is 0.315 e. The fraction of sp³-hybridized carbons (Fsp3) is 0.593. The number of methoxy groups -OCH3 is 1. The number of carbonyl (C=O) groups is 2. The summed E-state index contributed by atoms with van der Waals surface area (Å²) in [6, 6.07) is 5.57. The standard InChI is InChI=1S/C27H37N3O8/c1-16(32)27(3)15-30(24(34)20(33)13-31)12-19(27)17-5-6-21(37-4)22(9-17)38-18-10-29(11-18)23-7-8-26(2,14-28-23)25(35)36/h5-9,16,18-20,31-33H,10-15H2,1-4H3,(H,35,36)/t16?,19-,20?,26?,27-/m0/s1. The van der Waals surface area contributed by atoms with Gasteiger partial charge in [-0.15, -0.1) is 0 Å². The van der Waals surface area contributed by atoms with Gasteiger partial charge in [0.2, 0.25) is 0 Å². The molecular weight excluding hydrogens is 494 g/mol. The zero-order chi connectivity index (χ0) is 27.8. The monoisotopic (exact) mass is 531 g/mol. The molecule has 0 bridgehead atoms. The molecule has 2 saturated heterocycles. The molecule has 5 atom stereocenters. The number of hydrogen-bond acceptors (Lipinski definition) is 9. The van der Waals surface area contributed by atoms with E-state index in [-0.39, 0.29) is 31.7 Å². The second-order valence-corrected chi connectivity index (χ2v) is 10.9. The van der Waals surface area contributed by atoms with Crippen LogP contribution in [0.15, 0.2) is 35.3 Å². The predicted molar refractivity (Wildman–Crippen MR) is 138 cm³/mol. The summed E-state index contributed by atoms with van der Waals surface area (Å²) in [7, 11) is 1.56. The number of aliphatic hydroxyl groups excluding tert-OH is 3. The van der Waals surface area contributed by atoms with Crippen molar-refractivity contribution in [2.24, 2.45) is 15.8 Å². The van der Waals surface area contributed by atoms with E-state index in [2.05, 4.69) is 4.99 Å². The maximum absolute atomic E-state index is 12.6. The Kier molecular flexibility index (Phi) is 7.74. The predicted octanol–water partition coefficient (Wildman–Crippen LogP) is 0.484. The highest BCUT2D eigenvalue weighted by atomic mass is 16.5. The van der Waals surface area contributed by atoms with E-state index in [4.69, 9.17) is 9.47 Å². The quantitative estimate of drug-likeness (QED) is 0.375. The van der Waals surface area contributed by atoms with Gasteiger partial charge in [-0.2, -0.15) is 0 Å². The molecule has 11 nitrogen and oxygen atoms in total. The highest BCUT2D eigenvalue weighted by Gasteiger charge is 2.49. The lowest BCUT2D eigenvalue weighted by atomic mass is 9.72. The van der Waals surface area contributed by atoms with Crippen molar-refractivity contribution in [2.75, 3.05) is 46.4 Å². The lowest BCUT2D eigenvalue weighted by Crippen LogP contribution is -2.56. The number of dihydropyridines is 1. The van der Waals surface area contributed by atoms with E-state index >= 15 is 0 Å². The molecule has 0 aromatic heterocycles. The van der Waals surface area contributed by atoms with Gasteiger partial charge in [-0.25, -0.2) is 0 Å². The summed E-state index contributed by atoms with van der Waals surface area (Å²) in [6.07, 6.45) is 1.05. The van der Waals surface area contributed by atoms with Crippen LogP contribution >= 0.6 is 0 Å². The van der Waals surface area contributed by atoms with Crippen molar-refractivity contribution >= 4 is 17.7 Å². The largest absolute Gasteiger partial charge is 0.493 e. The van der Waals surface area contributed by atoms with Crippen molar-refractivity contribution in [1.29, 1.82) is 0 Å². The number of amides is 1. The molecule has 0 spiro atoms. The molecule has 0 saturated carbocycles. The first kappa shape index (κ1) is 27.9. The van der Waals surface area contributed by atoms with Crippen molar-refractivity contribution in [3.05, 3.63) is 35.9 Å². The number of carboxylic acids is 1. The van der Waals surface area contributed by atoms with Crippen LogP contribution in [0.25, 0.3) is 0 Å². The third-order valence-corrected chi connectivity index (χ3v) is 8.17. The number of ether oxygens (including phenoxy) is 2. The maximum atomic E-state index is 12.6. The van der Waals surface area contributed by atoms with E-state index in [0.29, 0.717) is 24.6 Å². The van der Waals surface area contributed by atoms with Crippen molar-refractivity contribution < 1.29 is 39.5 Å². The van der Waals surface area contributed by atoms with Crippen LogP contribution in [0.2, 0.25) is 0 Å². The fourth-order valence-electron chi connectivity index (χ4n) is 5.22. The molecule has 1 aromatic rings. The number of likely N-dealkylation sites (tertiary alicyclic amines) is 2. The first-order valence-corrected chi connectivity index (χ1v) is 12.7. The van der Waals surface area contributed by atoms with Crippen molar-refractivity contribution in [1.82, 2.24) is 9.80 Å². The van der Waals surface area contributed by atoms with Gasteiger partial charge in [0, 0.05) is 24.4 Å². The number of hydrogen-bond donors (Lipinski definition) is 4. The van der Waals surface area contributed by atoms with E-state index in [0.717, 1.165) is 11.4 Å². The van der Waals surface area contributed by atoms with Gasteiger partial charge < -0.3 is 39.7 Å². The lowest BCUT2D eigenvalue weighted by Gasteiger charge is -2.41. The van der Waals surface area contributed by atoms with Crippen LogP contribution in [-0.2, 0) is 9.59 Å². The number of benzene rings is 1. The summed E-state index contributed by atoms with van der Waals surface area (Å²) in [5.74, 6) is 0.123. The molecule has 3 aliphatic rings. The Hall–Kier alpha value is -3.15. The molecule has 3 unspecified atom stereocenters. The van der Waals surface area contributed by atoms with E-state index < -0.39 is 41.5 Å². The van der Waals surface area contributed by atoms with Crippen LogP contribution in [0.5, 0.6) is 11.5 Å². The third-order valence-electron chi connectivity index (χ3n) is 8.17. The van der Waals surface area contributed by atoms with Crippen LogP contribution in [0.3, 0.4) is 0 Å². The van der Waals surface area contributed by atoms with E-state index in [1.807, 2.05) is 24.0 Å². The first-order chi connectivity index (χ1) is 17.9. The van der Waals surface area contributed by atoms with Gasteiger partial charge in [0.05, 0.1) is 39.5 Å². The Morgan fingerprint density at radius 3 is 2.45 bits per heavy atom. The molecule has 11 heteroatoms. The summed E-state index contributed by atoms with van der Waals surface area (Å²) >= 11 is 0. The zero-order valence-corrected chi connectivity index (χ0v) is 22.2. The zero-order valence-electron chi connectivity index (χ0n) is 22.2. The summed E-state index contributed by atoms with van der Waals surface area (Å²) in [6.45, 7) is 6.44. The van der Waals surface area contributed by atoms with Gasteiger partial charge in [0.1, 0.15) is 17.4 Å². The van der Waals surface area contributed by atoms with Crippen molar-refractivity contribution in [3.63, 3.8) is 0 Å². The van der Waals surface area contributed by atoms with Gasteiger partial charge in [0.25, 0.3) is 5.91 Å². The van der Waals surface area contributed by atoms with Crippen LogP contribution in [0.4, 0.5) is 0 Å². The van der Waals surface area contributed by atoms with E-state index in [1.165, 1.54) is 4.90 Å². The number of aliphatic carboxylic acids is 1. The average molecular weight is 532 g/mol. The number of aliphatic imine (C=N–C) groups is 1. The minimum absolute atomic E-state index is 0.132. The Balaban J connectivity index is 1.48. The lowest BCUT2D eigenvalue weighted by molar-refractivity contribution is -0.144. The molecule has 4 N–H and O–H groups in total. The van der Waals surface area contributed by atoms with Gasteiger partial charge >= 0.3 is 5.97 Å². The number of carboxylic acid groups (broad SMARTS) is 1. The highest BCUT2D eigenvalue weighted by molar-refractivity contribution is 5.96. The molecule has 3 heterocycles. The molecule has 1 aromatic carbocycles. The molecular formula is C27H37N3O8. The summed E-state index contributed by atoms with van der Waals surface area (Å²) in [4.78, 5) is 32.0. The van der Waals surface area contributed by atoms with Crippen molar-refractivity contribution in [3.8, 4) is 11.5 Å².